The number of pyridine rings is 1. The molecule has 0 aliphatic rings. The van der Waals surface area contributed by atoms with Gasteiger partial charge in [0.2, 0.25) is 0 Å². The van der Waals surface area contributed by atoms with Crippen molar-refractivity contribution in [2.24, 2.45) is 7.05 Å². The Kier molecular flexibility index (Phi) is 3.59. The molecule has 2 aromatic carbocycles. The van der Waals surface area contributed by atoms with Crippen LogP contribution in [0.3, 0.4) is 0 Å². The normalized spacial score (nSPS) is 10.7. The number of aromatic nitrogens is 1. The summed E-state index contributed by atoms with van der Waals surface area (Å²) in [4.78, 5) is 12.7. The van der Waals surface area contributed by atoms with Gasteiger partial charge in [-0.25, -0.2) is 8.78 Å². The first-order chi connectivity index (χ1) is 10.5. The number of hydrogen-bond acceptors (Lipinski definition) is 1. The van der Waals surface area contributed by atoms with E-state index in [4.69, 9.17) is 0 Å². The average Bonchev–Trinajstić information content (AvgIpc) is 2.49. The summed E-state index contributed by atoms with van der Waals surface area (Å²) in [6, 6.07) is 11.7. The van der Waals surface area contributed by atoms with E-state index in [9.17, 15) is 13.6 Å². The average molecular weight is 297 g/mol. The van der Waals surface area contributed by atoms with Crippen LogP contribution in [0.5, 0.6) is 0 Å². The van der Waals surface area contributed by atoms with E-state index in [2.05, 4.69) is 0 Å². The lowest BCUT2D eigenvalue weighted by Gasteiger charge is -2.09. The van der Waals surface area contributed by atoms with Crippen molar-refractivity contribution in [2.75, 3.05) is 0 Å². The Bertz CT molecular complexity index is 830. The molecule has 0 N–H and O–H groups in total. The molecule has 0 bridgehead atoms. The molecular weight excluding hydrogens is 284 g/mol. The van der Waals surface area contributed by atoms with Crippen molar-refractivity contribution in [1.82, 2.24) is 4.57 Å². The predicted octanol–water partition coefficient (Wildman–Crippen LogP) is 4.00. The number of nitrogens with zero attached hydrogens (tertiary/aromatic N) is 1. The Balaban J connectivity index is 2.24. The Morgan fingerprint density at radius 1 is 0.818 bits per heavy atom. The van der Waals surface area contributed by atoms with Crippen LogP contribution < -0.4 is 5.43 Å². The highest BCUT2D eigenvalue weighted by Crippen LogP contribution is 2.22. The molecule has 0 aliphatic carbocycles. The van der Waals surface area contributed by atoms with Gasteiger partial charge in [-0.2, -0.15) is 0 Å². The lowest BCUT2D eigenvalue weighted by molar-refractivity contribution is 0.628. The van der Waals surface area contributed by atoms with E-state index in [-0.39, 0.29) is 5.43 Å². The van der Waals surface area contributed by atoms with Crippen molar-refractivity contribution in [1.29, 1.82) is 0 Å². The van der Waals surface area contributed by atoms with E-state index < -0.39 is 11.6 Å². The quantitative estimate of drug-likeness (QED) is 0.701. The number of benzene rings is 2. The molecule has 4 heteroatoms. The van der Waals surface area contributed by atoms with Gasteiger partial charge in [-0.15, -0.1) is 0 Å². The Labute approximate surface area is 126 Å². The molecule has 3 rings (SSSR count). The van der Waals surface area contributed by atoms with Crippen LogP contribution in [0.15, 0.2) is 65.7 Å². The van der Waals surface area contributed by atoms with E-state index in [0.29, 0.717) is 22.3 Å². The van der Waals surface area contributed by atoms with Crippen molar-refractivity contribution in [3.63, 3.8) is 0 Å². The standard InChI is InChI=1S/C18H13F2NO/c1-21-10-16(12-4-2-6-14(19)8-12)18(22)17(11-21)13-5-3-7-15(20)9-13/h2-11H,1H3. The van der Waals surface area contributed by atoms with Crippen LogP contribution in [-0.2, 0) is 7.05 Å². The third kappa shape index (κ3) is 2.68. The second-order valence-electron chi connectivity index (χ2n) is 5.10. The summed E-state index contributed by atoms with van der Waals surface area (Å²) < 4.78 is 28.5. The summed E-state index contributed by atoms with van der Waals surface area (Å²) in [6.07, 6.45) is 3.28. The third-order valence-corrected chi connectivity index (χ3v) is 3.43. The molecule has 3 aromatic rings. The first kappa shape index (κ1) is 14.2. The van der Waals surface area contributed by atoms with E-state index in [0.717, 1.165) is 0 Å². The summed E-state index contributed by atoms with van der Waals surface area (Å²) in [5.41, 5.74) is 1.50. The molecule has 2 nitrogen and oxygen atoms in total. The van der Waals surface area contributed by atoms with E-state index in [1.165, 1.54) is 24.3 Å². The van der Waals surface area contributed by atoms with Gasteiger partial charge in [0.15, 0.2) is 5.43 Å². The summed E-state index contributed by atoms with van der Waals surface area (Å²) in [7, 11) is 1.77. The molecule has 0 unspecified atom stereocenters. The fourth-order valence-electron chi connectivity index (χ4n) is 2.43. The maximum absolute atomic E-state index is 13.4. The Morgan fingerprint density at radius 3 is 1.68 bits per heavy atom. The third-order valence-electron chi connectivity index (χ3n) is 3.43. The number of rotatable bonds is 2. The molecule has 110 valence electrons. The molecule has 0 radical (unpaired) electrons. The molecule has 22 heavy (non-hydrogen) atoms. The van der Waals surface area contributed by atoms with Gasteiger partial charge in [0.25, 0.3) is 0 Å². The second kappa shape index (κ2) is 5.56. The molecular formula is C18H13F2NO. The van der Waals surface area contributed by atoms with Gasteiger partial charge >= 0.3 is 0 Å². The zero-order valence-corrected chi connectivity index (χ0v) is 11.9. The number of hydrogen-bond donors (Lipinski definition) is 0. The molecule has 0 spiro atoms. The maximum Gasteiger partial charge on any atom is 0.197 e. The largest absolute Gasteiger partial charge is 0.356 e. The van der Waals surface area contributed by atoms with Crippen molar-refractivity contribution < 1.29 is 8.78 Å². The fourth-order valence-corrected chi connectivity index (χ4v) is 2.43. The SMILES string of the molecule is Cn1cc(-c2cccc(F)c2)c(=O)c(-c2cccc(F)c2)c1. The fraction of sp³-hybridized carbons (Fsp3) is 0.0556. The summed E-state index contributed by atoms with van der Waals surface area (Å²) in [6.45, 7) is 0. The van der Waals surface area contributed by atoms with Crippen LogP contribution in [0.4, 0.5) is 8.78 Å². The minimum Gasteiger partial charge on any atom is -0.356 e. The molecule has 1 heterocycles. The highest BCUT2D eigenvalue weighted by atomic mass is 19.1. The molecule has 0 atom stereocenters. The predicted molar refractivity (Wildman–Crippen MR) is 82.5 cm³/mol. The van der Waals surface area contributed by atoms with Crippen LogP contribution in [0.25, 0.3) is 22.3 Å². The van der Waals surface area contributed by atoms with Gasteiger partial charge in [0.05, 0.1) is 0 Å². The lowest BCUT2D eigenvalue weighted by atomic mass is 10.0. The van der Waals surface area contributed by atoms with Crippen molar-refractivity contribution >= 4 is 0 Å². The summed E-state index contributed by atoms with van der Waals surface area (Å²) in [5.74, 6) is -0.813. The first-order valence-electron chi connectivity index (χ1n) is 6.77. The molecule has 1 aromatic heterocycles. The molecule has 0 fully saturated rings. The van der Waals surface area contributed by atoms with Gasteiger partial charge in [-0.3, -0.25) is 4.79 Å². The minimum atomic E-state index is -0.407. The van der Waals surface area contributed by atoms with E-state index in [1.807, 2.05) is 0 Å². The topological polar surface area (TPSA) is 22.0 Å². The van der Waals surface area contributed by atoms with Gasteiger partial charge in [-0.05, 0) is 35.4 Å². The van der Waals surface area contributed by atoms with E-state index >= 15 is 0 Å². The van der Waals surface area contributed by atoms with E-state index in [1.54, 1.807) is 48.3 Å². The maximum atomic E-state index is 13.4. The molecule has 0 aliphatic heterocycles. The highest BCUT2D eigenvalue weighted by Gasteiger charge is 2.11. The van der Waals surface area contributed by atoms with Crippen LogP contribution in [-0.4, -0.2) is 4.57 Å². The van der Waals surface area contributed by atoms with Crippen molar-refractivity contribution in [2.45, 2.75) is 0 Å². The van der Waals surface area contributed by atoms with Gasteiger partial charge in [-0.1, -0.05) is 24.3 Å². The second-order valence-corrected chi connectivity index (χ2v) is 5.10. The van der Waals surface area contributed by atoms with Crippen molar-refractivity contribution in [3.05, 3.63) is 82.8 Å². The lowest BCUT2D eigenvalue weighted by Crippen LogP contribution is -2.11. The zero-order valence-electron chi connectivity index (χ0n) is 11.9. The van der Waals surface area contributed by atoms with Crippen LogP contribution >= 0.6 is 0 Å². The molecule has 0 saturated heterocycles. The molecule has 0 amide bonds. The van der Waals surface area contributed by atoms with Gasteiger partial charge in [0.1, 0.15) is 11.6 Å². The van der Waals surface area contributed by atoms with Gasteiger partial charge < -0.3 is 4.57 Å². The minimum absolute atomic E-state index is 0.255. The first-order valence-corrected chi connectivity index (χ1v) is 6.77. The van der Waals surface area contributed by atoms with Gasteiger partial charge in [0, 0.05) is 30.6 Å². The summed E-state index contributed by atoms with van der Waals surface area (Å²) in [5, 5.41) is 0. The van der Waals surface area contributed by atoms with Crippen LogP contribution in [0, 0.1) is 11.6 Å². The monoisotopic (exact) mass is 297 g/mol. The van der Waals surface area contributed by atoms with Crippen molar-refractivity contribution in [3.8, 4) is 22.3 Å². The Morgan fingerprint density at radius 2 is 1.27 bits per heavy atom. The highest BCUT2D eigenvalue weighted by molar-refractivity contribution is 5.71. The number of halogens is 2. The zero-order chi connectivity index (χ0) is 15.7. The number of aryl methyl sites for hydroxylation is 1. The smallest absolute Gasteiger partial charge is 0.197 e. The Hall–Kier alpha value is -2.75. The van der Waals surface area contributed by atoms with Crippen LogP contribution in [0.2, 0.25) is 0 Å². The summed E-state index contributed by atoms with van der Waals surface area (Å²) >= 11 is 0. The molecule has 0 saturated carbocycles. The van der Waals surface area contributed by atoms with Crippen LogP contribution in [0.1, 0.15) is 0 Å².